The van der Waals surface area contributed by atoms with Gasteiger partial charge >= 0.3 is 0 Å². The van der Waals surface area contributed by atoms with E-state index in [4.69, 9.17) is 21.3 Å². The van der Waals surface area contributed by atoms with E-state index < -0.39 is 0 Å². The third kappa shape index (κ3) is 5.25. The molecule has 0 aliphatic carbocycles. The van der Waals surface area contributed by atoms with Crippen molar-refractivity contribution < 1.29 is 9.53 Å². The van der Waals surface area contributed by atoms with E-state index in [1.807, 2.05) is 66.7 Å². The molecule has 4 aromatic rings. The van der Waals surface area contributed by atoms with Gasteiger partial charge in [0.1, 0.15) is 11.6 Å². The van der Waals surface area contributed by atoms with E-state index >= 15 is 0 Å². The topological polar surface area (TPSA) is 56.1 Å². The Balaban J connectivity index is 1.42. The fraction of sp³-hybridized carbons (Fsp3) is 0.200. The number of carbonyl (C=O) groups is 1. The predicted octanol–water partition coefficient (Wildman–Crippen LogP) is 4.65. The first kappa shape index (κ1) is 20.9. The van der Waals surface area contributed by atoms with Gasteiger partial charge in [0.2, 0.25) is 5.91 Å². The maximum Gasteiger partial charge on any atom is 0.224 e. The highest BCUT2D eigenvalue weighted by Crippen LogP contribution is 2.19. The Bertz CT molecular complexity index is 1170. The van der Waals surface area contributed by atoms with Crippen LogP contribution in [-0.4, -0.2) is 29.1 Å². The minimum absolute atomic E-state index is 0.00877. The number of imidazole rings is 1. The number of hydrogen-bond donors (Lipinski definition) is 1. The Morgan fingerprint density at radius 1 is 1.00 bits per heavy atom. The summed E-state index contributed by atoms with van der Waals surface area (Å²) in [6, 6.07) is 23.5. The van der Waals surface area contributed by atoms with Gasteiger partial charge in [0.15, 0.2) is 0 Å². The van der Waals surface area contributed by atoms with Crippen molar-refractivity contribution in [1.82, 2.24) is 14.9 Å². The van der Waals surface area contributed by atoms with Gasteiger partial charge < -0.3 is 14.6 Å². The molecule has 0 aliphatic heterocycles. The van der Waals surface area contributed by atoms with Crippen LogP contribution in [-0.2, 0) is 24.2 Å². The van der Waals surface area contributed by atoms with Gasteiger partial charge in [-0.1, -0.05) is 48.0 Å². The van der Waals surface area contributed by atoms with Crippen molar-refractivity contribution >= 4 is 28.5 Å². The zero-order valence-corrected chi connectivity index (χ0v) is 18.1. The van der Waals surface area contributed by atoms with Gasteiger partial charge in [0, 0.05) is 24.5 Å². The maximum absolute atomic E-state index is 12.4. The summed E-state index contributed by atoms with van der Waals surface area (Å²) in [6.45, 7) is 1.23. The fourth-order valence-electron chi connectivity index (χ4n) is 3.57. The molecule has 0 spiro atoms. The van der Waals surface area contributed by atoms with Crippen LogP contribution in [0.5, 0.6) is 5.75 Å². The molecule has 4 rings (SSSR count). The Morgan fingerprint density at radius 3 is 2.45 bits per heavy atom. The smallest absolute Gasteiger partial charge is 0.224 e. The van der Waals surface area contributed by atoms with Gasteiger partial charge in [0.05, 0.1) is 24.6 Å². The van der Waals surface area contributed by atoms with Crippen LogP contribution in [0, 0.1) is 0 Å². The lowest BCUT2D eigenvalue weighted by Crippen LogP contribution is -2.28. The van der Waals surface area contributed by atoms with Crippen LogP contribution in [0.15, 0.2) is 72.8 Å². The molecule has 31 heavy (non-hydrogen) atoms. The van der Waals surface area contributed by atoms with Gasteiger partial charge in [-0.25, -0.2) is 4.98 Å². The summed E-state index contributed by atoms with van der Waals surface area (Å²) in [5, 5.41) is 3.73. The molecule has 1 amide bonds. The van der Waals surface area contributed by atoms with Crippen molar-refractivity contribution in [2.45, 2.75) is 19.4 Å². The summed E-state index contributed by atoms with van der Waals surface area (Å²) in [6.07, 6.45) is 0.988. The van der Waals surface area contributed by atoms with Crippen molar-refractivity contribution in [3.63, 3.8) is 0 Å². The molecule has 0 radical (unpaired) electrons. The van der Waals surface area contributed by atoms with Crippen molar-refractivity contribution in [3.8, 4) is 5.75 Å². The number of para-hydroxylation sites is 2. The van der Waals surface area contributed by atoms with Gasteiger partial charge in [-0.05, 0) is 47.5 Å². The number of benzene rings is 3. The van der Waals surface area contributed by atoms with Crippen molar-refractivity contribution in [1.29, 1.82) is 0 Å². The monoisotopic (exact) mass is 433 g/mol. The fourth-order valence-corrected chi connectivity index (χ4v) is 3.70. The second kappa shape index (κ2) is 9.67. The molecule has 1 aromatic heterocycles. The quantitative estimate of drug-likeness (QED) is 0.440. The van der Waals surface area contributed by atoms with E-state index in [1.54, 1.807) is 7.11 Å². The number of fused-ring (bicyclic) bond motifs is 1. The molecule has 0 saturated heterocycles. The van der Waals surface area contributed by atoms with Crippen LogP contribution < -0.4 is 10.1 Å². The highest BCUT2D eigenvalue weighted by atomic mass is 35.5. The molecule has 0 bridgehead atoms. The van der Waals surface area contributed by atoms with Crippen LogP contribution >= 0.6 is 11.6 Å². The zero-order chi connectivity index (χ0) is 21.6. The molecule has 0 unspecified atom stereocenters. The summed E-state index contributed by atoms with van der Waals surface area (Å²) < 4.78 is 7.36. The lowest BCUT2D eigenvalue weighted by atomic mass is 10.1. The molecular formula is C25H24ClN3O2. The molecule has 0 fully saturated rings. The maximum atomic E-state index is 12.4. The number of nitrogens with one attached hydrogen (secondary N) is 1. The molecule has 0 aliphatic rings. The van der Waals surface area contributed by atoms with E-state index in [-0.39, 0.29) is 5.91 Å². The number of methoxy groups -OCH3 is 1. The number of amides is 1. The summed E-state index contributed by atoms with van der Waals surface area (Å²) in [7, 11) is 1.63. The first-order chi connectivity index (χ1) is 15.1. The highest BCUT2D eigenvalue weighted by molar-refractivity contribution is 6.30. The Kier molecular flexibility index (Phi) is 6.53. The minimum atomic E-state index is -0.00877. The normalized spacial score (nSPS) is 10.9. The second-order valence-electron chi connectivity index (χ2n) is 7.35. The van der Waals surface area contributed by atoms with Crippen molar-refractivity contribution in [3.05, 3.63) is 94.8 Å². The lowest BCUT2D eigenvalue weighted by Gasteiger charge is -2.11. The molecule has 158 valence electrons. The van der Waals surface area contributed by atoms with Gasteiger partial charge in [-0.15, -0.1) is 0 Å². The number of nitrogens with zero attached hydrogens (tertiary/aromatic N) is 2. The molecule has 1 N–H and O–H groups in total. The Morgan fingerprint density at radius 2 is 1.71 bits per heavy atom. The molecule has 6 heteroatoms. The molecular weight excluding hydrogens is 410 g/mol. The van der Waals surface area contributed by atoms with Gasteiger partial charge in [0.25, 0.3) is 0 Å². The van der Waals surface area contributed by atoms with E-state index in [0.29, 0.717) is 25.9 Å². The first-order valence-electron chi connectivity index (χ1n) is 10.2. The van der Waals surface area contributed by atoms with Crippen molar-refractivity contribution in [2.75, 3.05) is 13.7 Å². The zero-order valence-electron chi connectivity index (χ0n) is 17.3. The molecule has 1 heterocycles. The third-order valence-electron chi connectivity index (χ3n) is 5.18. The average molecular weight is 434 g/mol. The van der Waals surface area contributed by atoms with E-state index in [1.165, 1.54) is 0 Å². The van der Waals surface area contributed by atoms with E-state index in [2.05, 4.69) is 16.0 Å². The molecule has 0 saturated carbocycles. The van der Waals surface area contributed by atoms with Crippen molar-refractivity contribution in [2.24, 2.45) is 0 Å². The summed E-state index contributed by atoms with van der Waals surface area (Å²) in [5.41, 5.74) is 4.14. The number of aromatic nitrogens is 2. The van der Waals surface area contributed by atoms with Crippen LogP contribution in [0.1, 0.15) is 17.0 Å². The minimum Gasteiger partial charge on any atom is -0.497 e. The molecule has 5 nitrogen and oxygen atoms in total. The second-order valence-corrected chi connectivity index (χ2v) is 7.79. The number of rotatable bonds is 8. The lowest BCUT2D eigenvalue weighted by molar-refractivity contribution is -0.120. The average Bonchev–Trinajstić information content (AvgIpc) is 3.13. The predicted molar refractivity (Wildman–Crippen MR) is 124 cm³/mol. The van der Waals surface area contributed by atoms with Crippen LogP contribution in [0.4, 0.5) is 0 Å². The summed E-state index contributed by atoms with van der Waals surface area (Å²) >= 11 is 6.03. The SMILES string of the molecule is COc1ccc(CC(=O)NCCc2nc3ccccc3n2Cc2ccc(Cl)cc2)cc1. The van der Waals surface area contributed by atoms with Crippen LogP contribution in [0.3, 0.4) is 0 Å². The van der Waals surface area contributed by atoms with Gasteiger partial charge in [-0.2, -0.15) is 0 Å². The largest absolute Gasteiger partial charge is 0.497 e. The highest BCUT2D eigenvalue weighted by Gasteiger charge is 2.12. The molecule has 0 atom stereocenters. The standard InChI is InChI=1S/C25H24ClN3O2/c1-31-21-12-8-18(9-13-21)16-25(30)27-15-14-24-28-22-4-2-3-5-23(22)29(24)17-19-6-10-20(26)11-7-19/h2-13H,14-17H2,1H3,(H,27,30). The summed E-state index contributed by atoms with van der Waals surface area (Å²) in [4.78, 5) is 17.2. The third-order valence-corrected chi connectivity index (χ3v) is 5.43. The Hall–Kier alpha value is -3.31. The first-order valence-corrected chi connectivity index (χ1v) is 10.6. The number of halogens is 1. The van der Waals surface area contributed by atoms with Crippen LogP contribution in [0.2, 0.25) is 5.02 Å². The number of hydrogen-bond acceptors (Lipinski definition) is 3. The molecule has 3 aromatic carbocycles. The Labute approximate surface area is 186 Å². The number of ether oxygens (including phenoxy) is 1. The summed E-state index contributed by atoms with van der Waals surface area (Å²) in [5.74, 6) is 1.72. The number of carbonyl (C=O) groups excluding carboxylic acids is 1. The van der Waals surface area contributed by atoms with Crippen LogP contribution in [0.25, 0.3) is 11.0 Å². The van der Waals surface area contributed by atoms with E-state index in [0.717, 1.165) is 38.8 Å². The van der Waals surface area contributed by atoms with Gasteiger partial charge in [-0.3, -0.25) is 4.79 Å². The van der Waals surface area contributed by atoms with E-state index in [9.17, 15) is 4.79 Å².